The zero-order valence-electron chi connectivity index (χ0n) is 9.17. The lowest BCUT2D eigenvalue weighted by atomic mass is 10.5. The fourth-order valence-electron chi connectivity index (χ4n) is 1.27. The minimum Gasteiger partial charge on any atom is -0.463 e. The molecule has 0 amide bonds. The number of nitrogens with zero attached hydrogens (tertiary/aromatic N) is 4. The molecule has 0 radical (unpaired) electrons. The van der Waals surface area contributed by atoms with Crippen LogP contribution in [0.5, 0.6) is 6.01 Å². The fraction of sp³-hybridized carbons (Fsp3) is 0.444. The predicted molar refractivity (Wildman–Crippen MR) is 63.8 cm³/mol. The molecule has 0 aliphatic rings. The van der Waals surface area contributed by atoms with Crippen LogP contribution < -0.4 is 10.5 Å². The van der Waals surface area contributed by atoms with Gasteiger partial charge in [0.25, 0.3) is 0 Å². The topological polar surface area (TPSA) is 78.9 Å². The van der Waals surface area contributed by atoms with E-state index in [9.17, 15) is 0 Å². The lowest BCUT2D eigenvalue weighted by molar-refractivity contribution is 0.293. The third-order valence-electron chi connectivity index (χ3n) is 2.00. The van der Waals surface area contributed by atoms with Crippen LogP contribution in [-0.2, 0) is 7.05 Å². The second kappa shape index (κ2) is 4.98. The summed E-state index contributed by atoms with van der Waals surface area (Å²) < 4.78 is 7.11. The number of aryl methyl sites for hydroxylation is 1. The maximum Gasteiger partial charge on any atom is 0.320 e. The zero-order chi connectivity index (χ0) is 10.8. The molecule has 2 heterocycles. The first-order valence-electron chi connectivity index (χ1n) is 4.79. The molecule has 16 heavy (non-hydrogen) atoms. The first-order valence-corrected chi connectivity index (χ1v) is 4.79. The average molecular weight is 244 g/mol. The molecule has 0 atom stereocenters. The zero-order valence-corrected chi connectivity index (χ0v) is 9.99. The van der Waals surface area contributed by atoms with Crippen molar-refractivity contribution in [3.05, 3.63) is 6.33 Å². The van der Waals surface area contributed by atoms with E-state index in [2.05, 4.69) is 15.0 Å². The van der Waals surface area contributed by atoms with Gasteiger partial charge in [0.15, 0.2) is 11.5 Å². The molecule has 0 aromatic carbocycles. The Balaban J connectivity index is 0.00000128. The number of imidazole rings is 1. The highest BCUT2D eigenvalue weighted by molar-refractivity contribution is 5.85. The molecule has 0 unspecified atom stereocenters. The number of ether oxygens (including phenoxy) is 1. The van der Waals surface area contributed by atoms with E-state index in [0.717, 1.165) is 6.42 Å². The fourth-order valence-corrected chi connectivity index (χ4v) is 1.27. The number of fused-ring (bicyclic) bond motifs is 1. The number of rotatable bonds is 3. The summed E-state index contributed by atoms with van der Waals surface area (Å²) in [6.07, 6.45) is 2.56. The molecule has 0 aliphatic heterocycles. The van der Waals surface area contributed by atoms with Crippen LogP contribution in [0, 0.1) is 0 Å². The summed E-state index contributed by atoms with van der Waals surface area (Å²) in [6.45, 7) is 2.61. The number of hydrogen-bond donors (Lipinski definition) is 1. The molecule has 0 spiro atoms. The molecule has 88 valence electrons. The minimum atomic E-state index is 0. The number of aromatic nitrogens is 4. The average Bonchev–Trinajstić information content (AvgIpc) is 2.58. The van der Waals surface area contributed by atoms with Crippen LogP contribution in [0.1, 0.15) is 13.3 Å². The van der Waals surface area contributed by atoms with Gasteiger partial charge in [-0.2, -0.15) is 9.97 Å². The number of halogens is 1. The van der Waals surface area contributed by atoms with Crippen molar-refractivity contribution < 1.29 is 4.74 Å². The Kier molecular flexibility index (Phi) is 3.89. The van der Waals surface area contributed by atoms with Crippen molar-refractivity contribution in [2.45, 2.75) is 13.3 Å². The summed E-state index contributed by atoms with van der Waals surface area (Å²) >= 11 is 0. The molecule has 2 aromatic rings. The van der Waals surface area contributed by atoms with E-state index in [1.54, 1.807) is 10.9 Å². The molecule has 0 bridgehead atoms. The van der Waals surface area contributed by atoms with Crippen LogP contribution >= 0.6 is 12.4 Å². The van der Waals surface area contributed by atoms with Crippen molar-refractivity contribution in [3.8, 4) is 6.01 Å². The van der Waals surface area contributed by atoms with Crippen molar-refractivity contribution in [1.29, 1.82) is 0 Å². The molecule has 2 rings (SSSR count). The van der Waals surface area contributed by atoms with Crippen molar-refractivity contribution in [1.82, 2.24) is 19.5 Å². The number of nitrogen functional groups attached to an aromatic ring is 1. The Labute approximate surface area is 99.3 Å². The van der Waals surface area contributed by atoms with E-state index in [-0.39, 0.29) is 12.4 Å². The maximum atomic E-state index is 5.74. The van der Waals surface area contributed by atoms with Gasteiger partial charge < -0.3 is 15.0 Å². The summed E-state index contributed by atoms with van der Waals surface area (Å²) in [5.74, 6) is 0.353. The number of hydrogen-bond acceptors (Lipinski definition) is 5. The predicted octanol–water partition coefficient (Wildman–Crippen LogP) is 1.16. The van der Waals surface area contributed by atoms with Gasteiger partial charge in [-0.25, -0.2) is 4.98 Å². The van der Waals surface area contributed by atoms with Gasteiger partial charge in [0.2, 0.25) is 0 Å². The van der Waals surface area contributed by atoms with E-state index in [4.69, 9.17) is 10.5 Å². The molecule has 6 nitrogen and oxygen atoms in total. The Morgan fingerprint density at radius 1 is 1.44 bits per heavy atom. The van der Waals surface area contributed by atoms with Gasteiger partial charge in [0.05, 0.1) is 12.9 Å². The molecule has 0 aliphatic carbocycles. The highest BCUT2D eigenvalue weighted by Crippen LogP contribution is 2.18. The summed E-state index contributed by atoms with van der Waals surface area (Å²) in [7, 11) is 1.85. The van der Waals surface area contributed by atoms with E-state index < -0.39 is 0 Å². The summed E-state index contributed by atoms with van der Waals surface area (Å²) in [6, 6.07) is 0.311. The largest absolute Gasteiger partial charge is 0.463 e. The molecular weight excluding hydrogens is 230 g/mol. The van der Waals surface area contributed by atoms with Crippen molar-refractivity contribution in [3.63, 3.8) is 0 Å². The molecule has 2 aromatic heterocycles. The van der Waals surface area contributed by atoms with Crippen LogP contribution in [-0.4, -0.2) is 26.1 Å². The Morgan fingerprint density at radius 2 is 2.19 bits per heavy atom. The molecule has 0 saturated carbocycles. The standard InChI is InChI=1S/C9H13N5O.ClH/c1-3-4-15-9-12-7(10)6-8(13-9)14(2)5-11-6;/h5H,3-4H2,1-2H3,(H2,10,12,13);1H. The number of nitrogens with two attached hydrogens (primary N) is 1. The van der Waals surface area contributed by atoms with Crippen molar-refractivity contribution >= 4 is 29.4 Å². The van der Waals surface area contributed by atoms with Crippen LogP contribution in [0.2, 0.25) is 0 Å². The first-order chi connectivity index (χ1) is 7.22. The molecule has 0 saturated heterocycles. The van der Waals surface area contributed by atoms with Crippen LogP contribution in [0.3, 0.4) is 0 Å². The minimum absolute atomic E-state index is 0. The van der Waals surface area contributed by atoms with Gasteiger partial charge in [0, 0.05) is 7.05 Å². The summed E-state index contributed by atoms with van der Waals surface area (Å²) in [5.41, 5.74) is 7.04. The second-order valence-corrected chi connectivity index (χ2v) is 3.27. The normalized spacial score (nSPS) is 10.1. The Morgan fingerprint density at radius 3 is 2.88 bits per heavy atom. The smallest absolute Gasteiger partial charge is 0.320 e. The van der Waals surface area contributed by atoms with Gasteiger partial charge in [-0.05, 0) is 6.42 Å². The van der Waals surface area contributed by atoms with E-state index in [1.165, 1.54) is 0 Å². The summed E-state index contributed by atoms with van der Waals surface area (Å²) in [5, 5.41) is 0. The maximum absolute atomic E-state index is 5.74. The lowest BCUT2D eigenvalue weighted by Gasteiger charge is -2.03. The van der Waals surface area contributed by atoms with Crippen molar-refractivity contribution in [2.24, 2.45) is 7.05 Å². The third kappa shape index (κ3) is 2.16. The van der Waals surface area contributed by atoms with E-state index in [0.29, 0.717) is 29.6 Å². The van der Waals surface area contributed by atoms with Gasteiger partial charge in [-0.3, -0.25) is 0 Å². The van der Waals surface area contributed by atoms with Crippen LogP contribution in [0.15, 0.2) is 6.33 Å². The van der Waals surface area contributed by atoms with Gasteiger partial charge in [-0.15, -0.1) is 12.4 Å². The Hall–Kier alpha value is -1.56. The van der Waals surface area contributed by atoms with Gasteiger partial charge in [0.1, 0.15) is 5.52 Å². The van der Waals surface area contributed by atoms with Crippen LogP contribution in [0.4, 0.5) is 5.82 Å². The monoisotopic (exact) mass is 243 g/mol. The second-order valence-electron chi connectivity index (χ2n) is 3.27. The SMILES string of the molecule is CCCOc1nc(N)c2ncn(C)c2n1.Cl. The molecule has 2 N–H and O–H groups in total. The number of anilines is 1. The highest BCUT2D eigenvalue weighted by atomic mass is 35.5. The third-order valence-corrected chi connectivity index (χ3v) is 2.00. The molecular formula is C9H14ClN5O. The summed E-state index contributed by atoms with van der Waals surface area (Å²) in [4.78, 5) is 12.3. The quantitative estimate of drug-likeness (QED) is 0.875. The van der Waals surface area contributed by atoms with Gasteiger partial charge in [-0.1, -0.05) is 6.92 Å². The highest BCUT2D eigenvalue weighted by Gasteiger charge is 2.09. The Bertz CT molecular complexity index is 484. The molecule has 7 heteroatoms. The van der Waals surface area contributed by atoms with E-state index >= 15 is 0 Å². The lowest BCUT2D eigenvalue weighted by Crippen LogP contribution is -2.03. The molecule has 0 fully saturated rings. The van der Waals surface area contributed by atoms with Crippen molar-refractivity contribution in [2.75, 3.05) is 12.3 Å². The van der Waals surface area contributed by atoms with E-state index in [1.807, 2.05) is 14.0 Å². The van der Waals surface area contributed by atoms with Crippen LogP contribution in [0.25, 0.3) is 11.2 Å². The first kappa shape index (κ1) is 12.5. The van der Waals surface area contributed by atoms with Gasteiger partial charge >= 0.3 is 6.01 Å².